The molecule has 32 heavy (non-hydrogen) atoms. The number of rotatable bonds is 5. The quantitative estimate of drug-likeness (QED) is 0.519. The molecule has 2 aliphatic heterocycles. The van der Waals surface area contributed by atoms with Gasteiger partial charge in [-0.05, 0) is 66.4 Å². The SMILES string of the molecule is N=C1/C(=C/c2ccc(-c3ccc(Cl)cc3)o2)C(=O)N=C2SC(COc3ccccc3)=NN12. The molecule has 3 heterocycles. The summed E-state index contributed by atoms with van der Waals surface area (Å²) in [5, 5.41) is 15.8. The summed E-state index contributed by atoms with van der Waals surface area (Å²) in [6, 6.07) is 20.1. The van der Waals surface area contributed by atoms with Gasteiger partial charge in [-0.3, -0.25) is 10.2 Å². The molecule has 2 aromatic carbocycles. The van der Waals surface area contributed by atoms with E-state index < -0.39 is 5.91 Å². The largest absolute Gasteiger partial charge is 0.487 e. The van der Waals surface area contributed by atoms with E-state index in [0.29, 0.717) is 32.5 Å². The average molecular weight is 463 g/mol. The summed E-state index contributed by atoms with van der Waals surface area (Å²) >= 11 is 7.14. The molecule has 158 valence electrons. The van der Waals surface area contributed by atoms with Gasteiger partial charge in [0.25, 0.3) is 5.91 Å². The van der Waals surface area contributed by atoms with Crippen LogP contribution in [0.2, 0.25) is 5.02 Å². The van der Waals surface area contributed by atoms with Crippen LogP contribution in [-0.4, -0.2) is 33.6 Å². The summed E-state index contributed by atoms with van der Waals surface area (Å²) in [5.74, 6) is 1.20. The molecule has 1 N–H and O–H groups in total. The monoisotopic (exact) mass is 462 g/mol. The number of hydrazone groups is 1. The van der Waals surface area contributed by atoms with Crippen LogP contribution in [0.15, 0.2) is 86.8 Å². The number of thioether (sulfide) groups is 1. The summed E-state index contributed by atoms with van der Waals surface area (Å²) < 4.78 is 11.5. The van der Waals surface area contributed by atoms with Crippen molar-refractivity contribution in [2.45, 2.75) is 0 Å². The zero-order valence-electron chi connectivity index (χ0n) is 16.5. The fourth-order valence-electron chi connectivity index (χ4n) is 3.09. The Morgan fingerprint density at radius 2 is 1.88 bits per heavy atom. The van der Waals surface area contributed by atoms with Crippen molar-refractivity contribution < 1.29 is 13.9 Å². The highest BCUT2D eigenvalue weighted by molar-refractivity contribution is 8.27. The zero-order chi connectivity index (χ0) is 22.1. The lowest BCUT2D eigenvalue weighted by Gasteiger charge is -2.19. The van der Waals surface area contributed by atoms with Crippen LogP contribution in [0.25, 0.3) is 17.4 Å². The number of nitrogens with zero attached hydrogens (tertiary/aromatic N) is 3. The Hall–Kier alpha value is -3.62. The number of ether oxygens (including phenoxy) is 1. The van der Waals surface area contributed by atoms with Crippen molar-refractivity contribution in [2.24, 2.45) is 10.1 Å². The minimum Gasteiger partial charge on any atom is -0.487 e. The topological polar surface area (TPSA) is 91.2 Å². The molecule has 1 aromatic heterocycles. The third kappa shape index (κ3) is 4.10. The van der Waals surface area contributed by atoms with E-state index in [2.05, 4.69) is 10.1 Å². The maximum atomic E-state index is 12.6. The van der Waals surface area contributed by atoms with Crippen LogP contribution in [0.5, 0.6) is 5.75 Å². The van der Waals surface area contributed by atoms with Gasteiger partial charge in [-0.15, -0.1) is 0 Å². The molecule has 0 saturated carbocycles. The first-order valence-corrected chi connectivity index (χ1v) is 10.8. The molecule has 0 radical (unpaired) electrons. The maximum absolute atomic E-state index is 12.6. The summed E-state index contributed by atoms with van der Waals surface area (Å²) in [6.07, 6.45) is 1.50. The van der Waals surface area contributed by atoms with E-state index >= 15 is 0 Å². The third-order valence-electron chi connectivity index (χ3n) is 4.64. The minimum atomic E-state index is -0.515. The second kappa shape index (κ2) is 8.49. The lowest BCUT2D eigenvalue weighted by atomic mass is 10.1. The van der Waals surface area contributed by atoms with Crippen molar-refractivity contribution in [3.63, 3.8) is 0 Å². The number of nitrogens with one attached hydrogen (secondary N) is 1. The molecule has 3 aromatic rings. The Labute approximate surface area is 192 Å². The molecule has 0 unspecified atom stereocenters. The maximum Gasteiger partial charge on any atom is 0.283 e. The fraction of sp³-hybridized carbons (Fsp3) is 0.0435. The summed E-state index contributed by atoms with van der Waals surface area (Å²) in [7, 11) is 0. The van der Waals surface area contributed by atoms with E-state index in [1.807, 2.05) is 42.5 Å². The van der Waals surface area contributed by atoms with Crippen LogP contribution in [-0.2, 0) is 4.79 Å². The second-order valence-electron chi connectivity index (χ2n) is 6.82. The molecule has 2 aliphatic rings. The summed E-state index contributed by atoms with van der Waals surface area (Å²) in [6.45, 7) is 0.216. The van der Waals surface area contributed by atoms with Gasteiger partial charge in [0.15, 0.2) is 5.84 Å². The number of aliphatic imine (C=N–C) groups is 1. The van der Waals surface area contributed by atoms with Crippen molar-refractivity contribution in [2.75, 3.05) is 6.61 Å². The van der Waals surface area contributed by atoms with Crippen LogP contribution in [0.1, 0.15) is 5.76 Å². The van der Waals surface area contributed by atoms with Crippen molar-refractivity contribution in [3.05, 3.63) is 83.1 Å². The van der Waals surface area contributed by atoms with Crippen LogP contribution >= 0.6 is 23.4 Å². The second-order valence-corrected chi connectivity index (χ2v) is 8.30. The molecule has 0 atom stereocenters. The molecule has 5 rings (SSSR count). The number of halogens is 1. The van der Waals surface area contributed by atoms with Crippen LogP contribution < -0.4 is 4.74 Å². The van der Waals surface area contributed by atoms with Gasteiger partial charge < -0.3 is 9.15 Å². The fourth-order valence-corrected chi connectivity index (χ4v) is 4.02. The average Bonchev–Trinajstić information content (AvgIpc) is 3.44. The molecule has 9 heteroatoms. The number of hydrogen-bond acceptors (Lipinski definition) is 6. The number of hydrogen-bond donors (Lipinski definition) is 1. The first-order chi connectivity index (χ1) is 15.6. The Bertz CT molecular complexity index is 1300. The predicted octanol–water partition coefficient (Wildman–Crippen LogP) is 5.30. The smallest absolute Gasteiger partial charge is 0.283 e. The first-order valence-electron chi connectivity index (χ1n) is 9.59. The number of amidine groups is 2. The molecular weight excluding hydrogens is 448 g/mol. The van der Waals surface area contributed by atoms with E-state index in [1.165, 1.54) is 22.8 Å². The highest BCUT2D eigenvalue weighted by Crippen LogP contribution is 2.30. The standard InChI is InChI=1S/C23H15ClN4O3S/c24-15-8-6-14(7-9-15)19-11-10-17(31-19)12-18-21(25)28-23(26-22(18)29)32-20(27-28)13-30-16-4-2-1-3-5-16/h1-12,25H,13H2/b18-12-,25-21?. The number of carbonyl (C=O) groups excluding carboxylic acids is 1. The number of furan rings is 1. The van der Waals surface area contributed by atoms with E-state index in [9.17, 15) is 4.79 Å². The highest BCUT2D eigenvalue weighted by atomic mass is 35.5. The number of fused-ring (bicyclic) bond motifs is 1. The highest BCUT2D eigenvalue weighted by Gasteiger charge is 2.36. The summed E-state index contributed by atoms with van der Waals surface area (Å²) in [4.78, 5) is 16.7. The van der Waals surface area contributed by atoms with Crippen LogP contribution in [0, 0.1) is 5.41 Å². The Balaban J connectivity index is 1.34. The minimum absolute atomic E-state index is 0.0633. The Kier molecular flexibility index (Phi) is 5.38. The van der Waals surface area contributed by atoms with Crippen LogP contribution in [0.4, 0.5) is 0 Å². The first kappa shape index (κ1) is 20.3. The normalized spacial score (nSPS) is 16.8. The molecule has 1 amide bonds. The van der Waals surface area contributed by atoms with Gasteiger partial charge in [0.1, 0.15) is 28.9 Å². The molecule has 0 fully saturated rings. The Morgan fingerprint density at radius 3 is 2.66 bits per heavy atom. The number of benzene rings is 2. The predicted molar refractivity (Wildman–Crippen MR) is 126 cm³/mol. The van der Waals surface area contributed by atoms with E-state index in [-0.39, 0.29) is 18.0 Å². The van der Waals surface area contributed by atoms with Crippen LogP contribution in [0.3, 0.4) is 0 Å². The van der Waals surface area contributed by atoms with Crippen molar-refractivity contribution in [1.82, 2.24) is 5.01 Å². The van der Waals surface area contributed by atoms with Gasteiger partial charge >= 0.3 is 0 Å². The number of carbonyl (C=O) groups is 1. The summed E-state index contributed by atoms with van der Waals surface area (Å²) in [5.41, 5.74) is 0.952. The van der Waals surface area contributed by atoms with Gasteiger partial charge in [-0.25, -0.2) is 0 Å². The van der Waals surface area contributed by atoms with Gasteiger partial charge in [-0.2, -0.15) is 15.1 Å². The van der Waals surface area contributed by atoms with E-state index in [4.69, 9.17) is 26.2 Å². The molecule has 0 bridgehead atoms. The molecule has 0 spiro atoms. The van der Waals surface area contributed by atoms with Gasteiger partial charge in [0.05, 0.1) is 5.57 Å². The van der Waals surface area contributed by atoms with E-state index in [1.54, 1.807) is 24.3 Å². The van der Waals surface area contributed by atoms with Crippen molar-refractivity contribution in [1.29, 1.82) is 5.41 Å². The molecular formula is C23H15ClN4O3S. The lowest BCUT2D eigenvalue weighted by Crippen LogP contribution is -2.35. The zero-order valence-corrected chi connectivity index (χ0v) is 18.1. The molecule has 7 nitrogen and oxygen atoms in total. The van der Waals surface area contributed by atoms with Gasteiger partial charge in [-0.1, -0.05) is 29.8 Å². The van der Waals surface area contributed by atoms with E-state index in [0.717, 1.165) is 5.56 Å². The number of para-hydroxylation sites is 1. The van der Waals surface area contributed by atoms with Gasteiger partial charge in [0, 0.05) is 10.6 Å². The van der Waals surface area contributed by atoms with Crippen molar-refractivity contribution >= 4 is 51.4 Å². The van der Waals surface area contributed by atoms with Crippen molar-refractivity contribution in [3.8, 4) is 17.1 Å². The van der Waals surface area contributed by atoms with Gasteiger partial charge in [0.2, 0.25) is 5.17 Å². The molecule has 0 saturated heterocycles. The molecule has 0 aliphatic carbocycles. The third-order valence-corrected chi connectivity index (χ3v) is 5.78. The lowest BCUT2D eigenvalue weighted by molar-refractivity contribution is -0.114. The Morgan fingerprint density at radius 1 is 1.09 bits per heavy atom. The number of amides is 1.